The number of amides is 1. The number of anilines is 1. The highest BCUT2D eigenvalue weighted by Crippen LogP contribution is 2.33. The summed E-state index contributed by atoms with van der Waals surface area (Å²) in [5, 5.41) is 8.25. The summed E-state index contributed by atoms with van der Waals surface area (Å²) in [7, 11) is 0. The van der Waals surface area contributed by atoms with E-state index in [-0.39, 0.29) is 23.9 Å². The minimum atomic E-state index is -0.249. The van der Waals surface area contributed by atoms with Gasteiger partial charge in [0.25, 0.3) is 5.56 Å². The Morgan fingerprint density at radius 1 is 1.17 bits per heavy atom. The van der Waals surface area contributed by atoms with Crippen LogP contribution in [0.25, 0.3) is 16.7 Å². The summed E-state index contributed by atoms with van der Waals surface area (Å²) in [4.78, 5) is 34.2. The van der Waals surface area contributed by atoms with Gasteiger partial charge in [-0.05, 0) is 24.3 Å². The highest BCUT2D eigenvalue weighted by molar-refractivity contribution is 7.99. The lowest BCUT2D eigenvalue weighted by atomic mass is 10.2. The molecule has 1 aliphatic rings. The van der Waals surface area contributed by atoms with Gasteiger partial charge in [-0.15, -0.1) is 0 Å². The molecule has 0 saturated heterocycles. The molecule has 0 fully saturated rings. The van der Waals surface area contributed by atoms with Crippen LogP contribution in [0.5, 0.6) is 0 Å². The highest BCUT2D eigenvalue weighted by Gasteiger charge is 2.29. The Balaban J connectivity index is 1.46. The SMILES string of the molecule is O=C(C[C@@H]1CSc2nc3c(cnn3-c3ccccc3)c(=O)n21)Nc1ccncc1. The fraction of sp³-hybridized carbons (Fsp3) is 0.150. The molecule has 9 heteroatoms. The molecule has 1 aromatic carbocycles. The zero-order chi connectivity index (χ0) is 19.8. The van der Waals surface area contributed by atoms with E-state index < -0.39 is 0 Å². The quantitative estimate of drug-likeness (QED) is 0.526. The average molecular weight is 404 g/mol. The maximum absolute atomic E-state index is 13.1. The van der Waals surface area contributed by atoms with Crippen molar-refractivity contribution in [3.63, 3.8) is 0 Å². The van der Waals surface area contributed by atoms with E-state index in [9.17, 15) is 9.59 Å². The number of pyridine rings is 1. The van der Waals surface area contributed by atoms with Crippen molar-refractivity contribution in [3.8, 4) is 5.69 Å². The molecule has 1 aliphatic heterocycles. The van der Waals surface area contributed by atoms with E-state index in [4.69, 9.17) is 0 Å². The number of nitrogens with zero attached hydrogens (tertiary/aromatic N) is 5. The van der Waals surface area contributed by atoms with E-state index in [1.54, 1.807) is 40.0 Å². The molecule has 0 bridgehead atoms. The second kappa shape index (κ2) is 7.17. The van der Waals surface area contributed by atoms with E-state index in [0.717, 1.165) is 5.69 Å². The molecule has 0 unspecified atom stereocenters. The van der Waals surface area contributed by atoms with Gasteiger partial charge in [0.15, 0.2) is 10.8 Å². The molecule has 1 amide bonds. The molecule has 4 aromatic rings. The molecule has 8 nitrogen and oxygen atoms in total. The van der Waals surface area contributed by atoms with Crippen LogP contribution in [0.15, 0.2) is 71.0 Å². The summed E-state index contributed by atoms with van der Waals surface area (Å²) in [5.41, 5.74) is 1.89. The number of thioether (sulfide) groups is 1. The predicted octanol–water partition coefficient (Wildman–Crippen LogP) is 2.65. The molecule has 0 saturated carbocycles. The first-order valence-corrected chi connectivity index (χ1v) is 10.1. The number of hydrogen-bond donors (Lipinski definition) is 1. The number of aromatic nitrogens is 5. The Morgan fingerprint density at radius 2 is 1.97 bits per heavy atom. The smallest absolute Gasteiger partial charge is 0.265 e. The Morgan fingerprint density at radius 3 is 2.76 bits per heavy atom. The van der Waals surface area contributed by atoms with E-state index in [2.05, 4.69) is 20.4 Å². The largest absolute Gasteiger partial charge is 0.326 e. The van der Waals surface area contributed by atoms with Crippen molar-refractivity contribution in [1.82, 2.24) is 24.3 Å². The zero-order valence-electron chi connectivity index (χ0n) is 15.2. The monoisotopic (exact) mass is 404 g/mol. The number of fused-ring (bicyclic) bond motifs is 2. The molecule has 5 rings (SSSR count). The van der Waals surface area contributed by atoms with Crippen LogP contribution in [0, 0.1) is 0 Å². The number of rotatable bonds is 4. The summed E-state index contributed by atoms with van der Waals surface area (Å²) in [6.07, 6.45) is 4.97. The third-order valence-corrected chi connectivity index (χ3v) is 5.85. The summed E-state index contributed by atoms with van der Waals surface area (Å²) in [6, 6.07) is 12.8. The third kappa shape index (κ3) is 3.19. The topological polar surface area (TPSA) is 94.7 Å². The Labute approximate surface area is 169 Å². The maximum atomic E-state index is 13.1. The van der Waals surface area contributed by atoms with E-state index in [1.165, 1.54) is 11.8 Å². The first-order chi connectivity index (χ1) is 14.2. The number of hydrogen-bond acceptors (Lipinski definition) is 6. The lowest BCUT2D eigenvalue weighted by Gasteiger charge is -2.13. The van der Waals surface area contributed by atoms with Crippen LogP contribution in [0.1, 0.15) is 12.5 Å². The van der Waals surface area contributed by atoms with Crippen molar-refractivity contribution in [1.29, 1.82) is 0 Å². The molecule has 3 aromatic heterocycles. The Hall–Kier alpha value is -3.46. The summed E-state index contributed by atoms with van der Waals surface area (Å²) in [6.45, 7) is 0. The second-order valence-corrected chi connectivity index (χ2v) is 7.64. The van der Waals surface area contributed by atoms with Crippen LogP contribution >= 0.6 is 11.8 Å². The van der Waals surface area contributed by atoms with Crippen LogP contribution in [0.3, 0.4) is 0 Å². The van der Waals surface area contributed by atoms with Gasteiger partial charge >= 0.3 is 0 Å². The fourth-order valence-electron chi connectivity index (χ4n) is 3.40. The van der Waals surface area contributed by atoms with Crippen molar-refractivity contribution < 1.29 is 4.79 Å². The average Bonchev–Trinajstić information content (AvgIpc) is 3.34. The van der Waals surface area contributed by atoms with Gasteiger partial charge in [0.1, 0.15) is 5.39 Å². The van der Waals surface area contributed by atoms with Gasteiger partial charge in [-0.3, -0.25) is 19.1 Å². The van der Waals surface area contributed by atoms with Gasteiger partial charge in [-0.2, -0.15) is 5.10 Å². The molecular weight excluding hydrogens is 388 g/mol. The molecule has 0 spiro atoms. The number of benzene rings is 1. The van der Waals surface area contributed by atoms with Crippen LogP contribution in [0.4, 0.5) is 5.69 Å². The molecule has 144 valence electrons. The normalized spacial score (nSPS) is 15.4. The third-order valence-electron chi connectivity index (χ3n) is 4.76. The van der Waals surface area contributed by atoms with Crippen molar-refractivity contribution in [2.75, 3.05) is 11.1 Å². The fourth-order valence-corrected chi connectivity index (χ4v) is 4.53. The van der Waals surface area contributed by atoms with Crippen LogP contribution in [-0.2, 0) is 4.79 Å². The van der Waals surface area contributed by atoms with Gasteiger partial charge in [-0.25, -0.2) is 9.67 Å². The summed E-state index contributed by atoms with van der Waals surface area (Å²) >= 11 is 1.48. The van der Waals surface area contributed by atoms with Crippen LogP contribution in [0.2, 0.25) is 0 Å². The number of carbonyl (C=O) groups is 1. The van der Waals surface area contributed by atoms with Crippen molar-refractivity contribution >= 4 is 34.4 Å². The lowest BCUT2D eigenvalue weighted by Crippen LogP contribution is -2.27. The Kier molecular flexibility index (Phi) is 4.36. The summed E-state index contributed by atoms with van der Waals surface area (Å²) < 4.78 is 3.29. The first-order valence-electron chi connectivity index (χ1n) is 9.09. The first kappa shape index (κ1) is 17.6. The predicted molar refractivity (Wildman–Crippen MR) is 110 cm³/mol. The van der Waals surface area contributed by atoms with Gasteiger partial charge in [0.05, 0.1) is 17.9 Å². The standard InChI is InChI=1S/C20H16N6O2S/c27-17(23-13-6-8-21-9-7-13)10-15-12-29-20-24-18-16(19(28)25(15)20)11-22-26(18)14-4-2-1-3-5-14/h1-9,11,15H,10,12H2,(H,21,23,27)/t15-/m1/s1. The van der Waals surface area contributed by atoms with Gasteiger partial charge in [-0.1, -0.05) is 30.0 Å². The minimum absolute atomic E-state index is 0.151. The van der Waals surface area contributed by atoms with Crippen LogP contribution in [-0.4, -0.2) is 36.0 Å². The number of nitrogens with one attached hydrogen (secondary N) is 1. The van der Waals surface area contributed by atoms with Gasteiger partial charge in [0, 0.05) is 30.3 Å². The molecule has 0 radical (unpaired) electrons. The highest BCUT2D eigenvalue weighted by atomic mass is 32.2. The number of carbonyl (C=O) groups excluding carboxylic acids is 1. The molecule has 1 N–H and O–H groups in total. The summed E-state index contributed by atoms with van der Waals surface area (Å²) in [5.74, 6) is 0.471. The zero-order valence-corrected chi connectivity index (χ0v) is 16.0. The van der Waals surface area contributed by atoms with Gasteiger partial charge in [0.2, 0.25) is 5.91 Å². The second-order valence-electron chi connectivity index (χ2n) is 6.65. The minimum Gasteiger partial charge on any atom is -0.326 e. The van der Waals surface area contributed by atoms with E-state index >= 15 is 0 Å². The molecule has 4 heterocycles. The lowest BCUT2D eigenvalue weighted by molar-refractivity contribution is -0.116. The number of para-hydroxylation sites is 1. The molecular formula is C20H16N6O2S. The molecule has 29 heavy (non-hydrogen) atoms. The van der Waals surface area contributed by atoms with E-state index in [1.807, 2.05) is 30.3 Å². The molecule has 0 aliphatic carbocycles. The van der Waals surface area contributed by atoms with Gasteiger partial charge < -0.3 is 5.32 Å². The van der Waals surface area contributed by atoms with Crippen molar-refractivity contribution in [2.45, 2.75) is 17.6 Å². The van der Waals surface area contributed by atoms with E-state index in [0.29, 0.717) is 27.6 Å². The van der Waals surface area contributed by atoms with Crippen molar-refractivity contribution in [3.05, 3.63) is 71.4 Å². The maximum Gasteiger partial charge on any atom is 0.265 e. The molecule has 1 atom stereocenters. The van der Waals surface area contributed by atoms with Crippen molar-refractivity contribution in [2.24, 2.45) is 0 Å². The Bertz CT molecular complexity index is 1250. The van der Waals surface area contributed by atoms with Crippen LogP contribution < -0.4 is 10.9 Å².